The van der Waals surface area contributed by atoms with Crippen molar-refractivity contribution in [1.82, 2.24) is 15.0 Å². The Balaban J connectivity index is 3.19. The Kier molecular flexibility index (Phi) is 2.86. The van der Waals surface area contributed by atoms with Crippen molar-refractivity contribution in [3.63, 3.8) is 0 Å². The molecule has 0 fully saturated rings. The second-order valence-corrected chi connectivity index (χ2v) is 4.62. The molecule has 12 heavy (non-hydrogen) atoms. The van der Waals surface area contributed by atoms with E-state index in [1.807, 2.05) is 6.92 Å². The Bertz CT molecular complexity index is 276. The van der Waals surface area contributed by atoms with Gasteiger partial charge < -0.3 is 0 Å². The van der Waals surface area contributed by atoms with Crippen LogP contribution in [0.4, 0.5) is 0 Å². The minimum Gasteiger partial charge on any atom is -0.245 e. The quantitative estimate of drug-likeness (QED) is 0.691. The smallest absolute Gasteiger partial charge is 0.234 e. The summed E-state index contributed by atoms with van der Waals surface area (Å²) in [6.07, 6.45) is 0. The van der Waals surface area contributed by atoms with Crippen molar-refractivity contribution in [2.24, 2.45) is 0 Å². The van der Waals surface area contributed by atoms with Gasteiger partial charge in [0.25, 0.3) is 0 Å². The summed E-state index contributed by atoms with van der Waals surface area (Å²) in [4.78, 5) is 0. The van der Waals surface area contributed by atoms with Crippen molar-refractivity contribution >= 4 is 34.8 Å². The highest BCUT2D eigenvalue weighted by molar-refractivity contribution is 6.66. The standard InChI is InChI=1S/C6H8Cl3N3/c1-3-12-5(6(7,8)9)4(2)10-11-12/h3H2,1-2H3. The summed E-state index contributed by atoms with van der Waals surface area (Å²) in [5.41, 5.74) is 1.19. The van der Waals surface area contributed by atoms with Gasteiger partial charge in [-0.25, -0.2) is 4.68 Å². The summed E-state index contributed by atoms with van der Waals surface area (Å²) in [6.45, 7) is 4.31. The highest BCUT2D eigenvalue weighted by Crippen LogP contribution is 2.38. The third-order valence-corrected chi connectivity index (χ3v) is 2.01. The van der Waals surface area contributed by atoms with Crippen LogP contribution in [-0.2, 0) is 10.3 Å². The van der Waals surface area contributed by atoms with Crippen LogP contribution in [0.25, 0.3) is 0 Å². The molecule has 0 unspecified atom stereocenters. The van der Waals surface area contributed by atoms with Gasteiger partial charge in [0.1, 0.15) is 5.69 Å². The Labute approximate surface area is 85.6 Å². The van der Waals surface area contributed by atoms with Crippen LogP contribution in [0.5, 0.6) is 0 Å². The molecule has 0 bridgehead atoms. The maximum Gasteiger partial charge on any atom is 0.234 e. The van der Waals surface area contributed by atoms with Crippen molar-refractivity contribution in [2.45, 2.75) is 24.2 Å². The maximum absolute atomic E-state index is 5.72. The number of hydrogen-bond donors (Lipinski definition) is 0. The summed E-state index contributed by atoms with van der Waals surface area (Å²) < 4.78 is 0.131. The second-order valence-electron chi connectivity index (χ2n) is 2.34. The molecule has 0 spiro atoms. The Morgan fingerprint density at radius 3 is 2.33 bits per heavy atom. The highest BCUT2D eigenvalue weighted by atomic mass is 35.6. The lowest BCUT2D eigenvalue weighted by atomic mass is 10.4. The molecule has 1 aromatic heterocycles. The summed E-state index contributed by atoms with van der Waals surface area (Å²) >= 11 is 17.2. The van der Waals surface area contributed by atoms with Gasteiger partial charge >= 0.3 is 0 Å². The van der Waals surface area contributed by atoms with Crippen LogP contribution in [0, 0.1) is 6.92 Å². The van der Waals surface area contributed by atoms with E-state index in [9.17, 15) is 0 Å². The fourth-order valence-corrected chi connectivity index (χ4v) is 1.68. The van der Waals surface area contributed by atoms with Crippen molar-refractivity contribution < 1.29 is 0 Å². The van der Waals surface area contributed by atoms with E-state index >= 15 is 0 Å². The lowest BCUT2D eigenvalue weighted by molar-refractivity contribution is 0.602. The van der Waals surface area contributed by atoms with Crippen LogP contribution in [-0.4, -0.2) is 15.0 Å². The first-order valence-corrected chi connectivity index (χ1v) is 4.57. The molecule has 0 atom stereocenters. The third-order valence-electron chi connectivity index (χ3n) is 1.47. The molecule has 0 aliphatic heterocycles. The van der Waals surface area contributed by atoms with Crippen molar-refractivity contribution in [3.8, 4) is 0 Å². The number of alkyl halides is 3. The molecule has 1 aromatic rings. The zero-order chi connectivity index (χ0) is 9.35. The van der Waals surface area contributed by atoms with Crippen LogP contribution < -0.4 is 0 Å². The summed E-state index contributed by atoms with van der Waals surface area (Å²) in [5, 5.41) is 7.63. The number of halogens is 3. The summed E-state index contributed by atoms with van der Waals surface area (Å²) in [5.74, 6) is 0. The molecule has 0 N–H and O–H groups in total. The van der Waals surface area contributed by atoms with Gasteiger partial charge in [-0.2, -0.15) is 0 Å². The summed E-state index contributed by atoms with van der Waals surface area (Å²) in [6, 6.07) is 0. The first-order chi connectivity index (χ1) is 5.46. The molecule has 0 aromatic carbocycles. The Morgan fingerprint density at radius 1 is 1.42 bits per heavy atom. The van der Waals surface area contributed by atoms with Gasteiger partial charge in [-0.3, -0.25) is 0 Å². The molecule has 0 saturated heterocycles. The van der Waals surface area contributed by atoms with E-state index in [2.05, 4.69) is 10.3 Å². The van der Waals surface area contributed by atoms with E-state index in [0.29, 0.717) is 17.9 Å². The first kappa shape index (κ1) is 10.1. The zero-order valence-corrected chi connectivity index (χ0v) is 8.95. The number of nitrogens with zero attached hydrogens (tertiary/aromatic N) is 3. The molecule has 1 rings (SSSR count). The molecule has 0 aliphatic rings. The van der Waals surface area contributed by atoms with Crippen LogP contribution in [0.2, 0.25) is 0 Å². The maximum atomic E-state index is 5.72. The number of hydrogen-bond acceptors (Lipinski definition) is 2. The predicted octanol–water partition coefficient (Wildman–Crippen LogP) is 2.43. The second kappa shape index (κ2) is 3.40. The van der Waals surface area contributed by atoms with Gasteiger partial charge in [-0.05, 0) is 13.8 Å². The van der Waals surface area contributed by atoms with E-state index in [4.69, 9.17) is 34.8 Å². The first-order valence-electron chi connectivity index (χ1n) is 3.44. The van der Waals surface area contributed by atoms with Crippen molar-refractivity contribution in [1.29, 1.82) is 0 Å². The average Bonchev–Trinajstić information content (AvgIpc) is 2.29. The lowest BCUT2D eigenvalue weighted by Gasteiger charge is -2.12. The van der Waals surface area contributed by atoms with Crippen molar-refractivity contribution in [3.05, 3.63) is 11.4 Å². The van der Waals surface area contributed by atoms with Crippen LogP contribution in [0.3, 0.4) is 0 Å². The van der Waals surface area contributed by atoms with Gasteiger partial charge in [0, 0.05) is 6.54 Å². The molecule has 3 nitrogen and oxygen atoms in total. The molecule has 68 valence electrons. The van der Waals surface area contributed by atoms with E-state index in [0.717, 1.165) is 0 Å². The number of aryl methyl sites for hydroxylation is 2. The highest BCUT2D eigenvalue weighted by Gasteiger charge is 2.30. The monoisotopic (exact) mass is 227 g/mol. The fraction of sp³-hybridized carbons (Fsp3) is 0.667. The topological polar surface area (TPSA) is 30.7 Å². The van der Waals surface area contributed by atoms with E-state index in [1.165, 1.54) is 0 Å². The Hall–Kier alpha value is 0.01000. The van der Waals surface area contributed by atoms with E-state index < -0.39 is 3.79 Å². The van der Waals surface area contributed by atoms with E-state index in [-0.39, 0.29) is 0 Å². The molecular weight excluding hydrogens is 220 g/mol. The predicted molar refractivity (Wildman–Crippen MR) is 49.7 cm³/mol. The third kappa shape index (κ3) is 1.84. The fourth-order valence-electron chi connectivity index (χ4n) is 0.973. The van der Waals surface area contributed by atoms with Crippen LogP contribution >= 0.6 is 34.8 Å². The number of rotatable bonds is 1. The molecule has 0 amide bonds. The van der Waals surface area contributed by atoms with Gasteiger partial charge in [0.2, 0.25) is 3.79 Å². The Morgan fingerprint density at radius 2 is 2.00 bits per heavy atom. The normalized spacial score (nSPS) is 12.1. The molecule has 0 radical (unpaired) electrons. The molecular formula is C6H8Cl3N3. The van der Waals surface area contributed by atoms with Gasteiger partial charge in [0.05, 0.1) is 5.69 Å². The average molecular weight is 229 g/mol. The van der Waals surface area contributed by atoms with Crippen molar-refractivity contribution in [2.75, 3.05) is 0 Å². The largest absolute Gasteiger partial charge is 0.245 e. The van der Waals surface area contributed by atoms with Crippen LogP contribution in [0.1, 0.15) is 18.3 Å². The molecule has 0 saturated carbocycles. The van der Waals surface area contributed by atoms with Gasteiger partial charge in [-0.1, -0.05) is 40.0 Å². The van der Waals surface area contributed by atoms with E-state index in [1.54, 1.807) is 11.6 Å². The lowest BCUT2D eigenvalue weighted by Crippen LogP contribution is -2.11. The van der Waals surface area contributed by atoms with Crippen LogP contribution in [0.15, 0.2) is 0 Å². The summed E-state index contributed by atoms with van der Waals surface area (Å²) in [7, 11) is 0. The zero-order valence-electron chi connectivity index (χ0n) is 6.68. The number of aromatic nitrogens is 3. The van der Waals surface area contributed by atoms with Gasteiger partial charge in [-0.15, -0.1) is 5.10 Å². The van der Waals surface area contributed by atoms with Gasteiger partial charge in [0.15, 0.2) is 0 Å². The molecule has 6 heteroatoms. The SMILES string of the molecule is CCn1nnc(C)c1C(Cl)(Cl)Cl. The molecule has 0 aliphatic carbocycles. The molecule has 1 heterocycles. The minimum atomic E-state index is -1.44. The minimum absolute atomic E-state index is 0.537.